The summed E-state index contributed by atoms with van der Waals surface area (Å²) in [6.45, 7) is 3.49. The summed E-state index contributed by atoms with van der Waals surface area (Å²) in [5, 5.41) is 10.5. The summed E-state index contributed by atoms with van der Waals surface area (Å²) in [5.74, 6) is -0.251. The van der Waals surface area contributed by atoms with E-state index < -0.39 is 7.82 Å². The van der Waals surface area contributed by atoms with Gasteiger partial charge in [-0.3, -0.25) is 4.79 Å². The molecule has 0 aromatic rings. The van der Waals surface area contributed by atoms with E-state index in [2.05, 4.69) is 11.9 Å². The summed E-state index contributed by atoms with van der Waals surface area (Å²) in [4.78, 5) is 31.8. The number of phosphoric acid groups is 1. The number of hydrogen-bond donors (Lipinski definition) is 5. The number of rotatable bonds is 3. The van der Waals surface area contributed by atoms with E-state index in [4.69, 9.17) is 24.4 Å². The highest BCUT2D eigenvalue weighted by Gasteiger charge is 2.00. The summed E-state index contributed by atoms with van der Waals surface area (Å²) in [5.41, 5.74) is 0. The molecule has 0 aromatic heterocycles. The molecule has 0 fully saturated rings. The third-order valence-electron chi connectivity index (χ3n) is 0.596. The van der Waals surface area contributed by atoms with E-state index in [1.165, 1.54) is 0 Å². The van der Waals surface area contributed by atoms with E-state index in [0.29, 0.717) is 6.54 Å². The molecule has 0 saturated heterocycles. The molecule has 0 aromatic carbocycles. The van der Waals surface area contributed by atoms with E-state index in [0.717, 1.165) is 6.08 Å². The lowest BCUT2D eigenvalue weighted by molar-refractivity contribution is -0.116. The Balaban J connectivity index is 0. The van der Waals surface area contributed by atoms with Crippen molar-refractivity contribution in [3.63, 3.8) is 0 Å². The standard InChI is InChI=1S/C5H9NO2.H3O4P/c1-2-5(8)6-3-4-7;1-5(2,3)4/h2,7H,1,3-4H2,(H,6,8);(H3,1,2,3,4). The minimum Gasteiger partial charge on any atom is -0.395 e. The molecule has 0 aliphatic rings. The van der Waals surface area contributed by atoms with Crippen LogP contribution < -0.4 is 5.32 Å². The average Bonchev–Trinajstić information content (AvgIpc) is 1.97. The topological polar surface area (TPSA) is 127 Å². The number of carbonyl (C=O) groups is 1. The Morgan fingerprint density at radius 3 is 2.08 bits per heavy atom. The van der Waals surface area contributed by atoms with E-state index in [-0.39, 0.29) is 12.5 Å². The molecule has 0 unspecified atom stereocenters. The van der Waals surface area contributed by atoms with Gasteiger partial charge in [-0.1, -0.05) is 6.58 Å². The zero-order valence-corrected chi connectivity index (χ0v) is 7.65. The van der Waals surface area contributed by atoms with Crippen LogP contribution in [0.1, 0.15) is 0 Å². The van der Waals surface area contributed by atoms with Crippen molar-refractivity contribution in [2.45, 2.75) is 0 Å². The second kappa shape index (κ2) is 7.90. The van der Waals surface area contributed by atoms with E-state index in [1.54, 1.807) is 0 Å². The van der Waals surface area contributed by atoms with Gasteiger partial charge in [-0.05, 0) is 6.08 Å². The van der Waals surface area contributed by atoms with Gasteiger partial charge >= 0.3 is 7.82 Å². The molecule has 0 heterocycles. The highest BCUT2D eigenvalue weighted by Crippen LogP contribution is 2.25. The molecule has 0 aliphatic heterocycles. The number of amides is 1. The Labute approximate surface area is 75.0 Å². The highest BCUT2D eigenvalue weighted by atomic mass is 31.2. The van der Waals surface area contributed by atoms with Crippen LogP contribution in [0.4, 0.5) is 0 Å². The molecule has 1 amide bonds. The van der Waals surface area contributed by atoms with Crippen molar-refractivity contribution >= 4 is 13.7 Å². The summed E-state index contributed by atoms with van der Waals surface area (Å²) >= 11 is 0. The van der Waals surface area contributed by atoms with Gasteiger partial charge in [-0.25, -0.2) is 4.57 Å². The second-order valence-electron chi connectivity index (χ2n) is 1.73. The van der Waals surface area contributed by atoms with Gasteiger partial charge in [0.15, 0.2) is 0 Å². The molecule has 5 N–H and O–H groups in total. The molecule has 0 spiro atoms. The molecule has 0 bridgehead atoms. The molecule has 7 nitrogen and oxygen atoms in total. The molecule has 0 atom stereocenters. The molecular formula is C5H12NO6P. The first-order valence-electron chi connectivity index (χ1n) is 3.10. The molecular weight excluding hydrogens is 201 g/mol. The molecule has 0 rings (SSSR count). The maximum Gasteiger partial charge on any atom is 0.466 e. The van der Waals surface area contributed by atoms with Crippen LogP contribution in [0, 0.1) is 0 Å². The normalized spacial score (nSPS) is 9.54. The Bertz CT molecular complexity index is 191. The Kier molecular flexibility index (Phi) is 8.99. The van der Waals surface area contributed by atoms with Crippen LogP contribution >= 0.6 is 7.82 Å². The van der Waals surface area contributed by atoms with Crippen LogP contribution in [0.25, 0.3) is 0 Å². The minimum absolute atomic E-state index is 0.0282. The van der Waals surface area contributed by atoms with Crippen molar-refractivity contribution in [1.29, 1.82) is 0 Å². The van der Waals surface area contributed by atoms with Crippen LogP contribution in [0.5, 0.6) is 0 Å². The molecule has 8 heteroatoms. The fourth-order valence-electron chi connectivity index (χ4n) is 0.251. The highest BCUT2D eigenvalue weighted by molar-refractivity contribution is 7.45. The van der Waals surface area contributed by atoms with Gasteiger partial charge < -0.3 is 25.1 Å². The number of aliphatic hydroxyl groups is 1. The van der Waals surface area contributed by atoms with E-state index >= 15 is 0 Å². The maximum absolute atomic E-state index is 10.2. The number of aliphatic hydroxyl groups excluding tert-OH is 1. The van der Waals surface area contributed by atoms with Gasteiger partial charge in [0.2, 0.25) is 5.91 Å². The third kappa shape index (κ3) is 34.8. The Morgan fingerprint density at radius 2 is 1.85 bits per heavy atom. The van der Waals surface area contributed by atoms with Crippen molar-refractivity contribution < 1.29 is 29.1 Å². The molecule has 78 valence electrons. The SMILES string of the molecule is C=CC(=O)NCCO.O=P(O)(O)O. The lowest BCUT2D eigenvalue weighted by atomic mass is 10.5. The smallest absolute Gasteiger partial charge is 0.395 e. The van der Waals surface area contributed by atoms with Crippen molar-refractivity contribution in [3.8, 4) is 0 Å². The van der Waals surface area contributed by atoms with Crippen LogP contribution in [-0.4, -0.2) is 38.8 Å². The maximum atomic E-state index is 10.2. The zero-order valence-electron chi connectivity index (χ0n) is 6.75. The van der Waals surface area contributed by atoms with Crippen molar-refractivity contribution in [2.24, 2.45) is 0 Å². The number of hydrogen-bond acceptors (Lipinski definition) is 3. The molecule has 0 aliphatic carbocycles. The van der Waals surface area contributed by atoms with Crippen molar-refractivity contribution in [1.82, 2.24) is 5.32 Å². The number of carbonyl (C=O) groups excluding carboxylic acids is 1. The van der Waals surface area contributed by atoms with Crippen LogP contribution in [-0.2, 0) is 9.36 Å². The first-order chi connectivity index (χ1) is 5.81. The zero-order chi connectivity index (χ0) is 10.9. The fraction of sp³-hybridized carbons (Fsp3) is 0.400. The first kappa shape index (κ1) is 14.8. The Morgan fingerprint density at radius 1 is 1.46 bits per heavy atom. The van der Waals surface area contributed by atoms with Gasteiger partial charge in [0, 0.05) is 6.54 Å². The van der Waals surface area contributed by atoms with Crippen molar-refractivity contribution in [2.75, 3.05) is 13.2 Å². The summed E-state index contributed by atoms with van der Waals surface area (Å²) in [7, 11) is -4.64. The second-order valence-corrected chi connectivity index (χ2v) is 2.76. The summed E-state index contributed by atoms with van der Waals surface area (Å²) < 4.78 is 8.88. The monoisotopic (exact) mass is 213 g/mol. The van der Waals surface area contributed by atoms with Gasteiger partial charge in [0.25, 0.3) is 0 Å². The van der Waals surface area contributed by atoms with E-state index in [1.807, 2.05) is 0 Å². The lowest BCUT2D eigenvalue weighted by Gasteiger charge is -1.94. The van der Waals surface area contributed by atoms with Crippen LogP contribution in [0.2, 0.25) is 0 Å². The minimum atomic E-state index is -4.64. The average molecular weight is 213 g/mol. The molecule has 0 radical (unpaired) electrons. The van der Waals surface area contributed by atoms with Crippen LogP contribution in [0.15, 0.2) is 12.7 Å². The summed E-state index contributed by atoms with van der Waals surface area (Å²) in [6, 6.07) is 0. The predicted molar refractivity (Wildman–Crippen MR) is 44.6 cm³/mol. The van der Waals surface area contributed by atoms with Crippen LogP contribution in [0.3, 0.4) is 0 Å². The number of nitrogens with one attached hydrogen (secondary N) is 1. The van der Waals surface area contributed by atoms with Gasteiger partial charge in [0.05, 0.1) is 6.61 Å². The fourth-order valence-corrected chi connectivity index (χ4v) is 0.251. The quantitative estimate of drug-likeness (QED) is 0.282. The molecule has 0 saturated carbocycles. The van der Waals surface area contributed by atoms with Gasteiger partial charge in [-0.15, -0.1) is 0 Å². The molecule has 13 heavy (non-hydrogen) atoms. The first-order valence-corrected chi connectivity index (χ1v) is 4.67. The van der Waals surface area contributed by atoms with Crippen molar-refractivity contribution in [3.05, 3.63) is 12.7 Å². The van der Waals surface area contributed by atoms with E-state index in [9.17, 15) is 4.79 Å². The van der Waals surface area contributed by atoms with Gasteiger partial charge in [0.1, 0.15) is 0 Å². The lowest BCUT2D eigenvalue weighted by Crippen LogP contribution is -2.23. The Hall–Kier alpha value is -0.720. The summed E-state index contributed by atoms with van der Waals surface area (Å²) in [6.07, 6.45) is 1.16. The third-order valence-corrected chi connectivity index (χ3v) is 0.596. The largest absolute Gasteiger partial charge is 0.466 e. The van der Waals surface area contributed by atoms with Gasteiger partial charge in [-0.2, -0.15) is 0 Å². The predicted octanol–water partition coefficient (Wildman–Crippen LogP) is -1.65.